The average Bonchev–Trinajstić information content (AvgIpc) is 3.15. The molecule has 0 aliphatic heterocycles. The zero-order chi connectivity index (χ0) is 20.1. The van der Waals surface area contributed by atoms with E-state index in [0.717, 1.165) is 11.1 Å². The Morgan fingerprint density at radius 3 is 2.54 bits per heavy atom. The smallest absolute Gasteiger partial charge is 0.262 e. The highest BCUT2D eigenvalue weighted by Gasteiger charge is 2.15. The maximum absolute atomic E-state index is 13.1. The lowest BCUT2D eigenvalue weighted by Gasteiger charge is -2.14. The highest BCUT2D eigenvalue weighted by molar-refractivity contribution is 6.02. The Kier molecular flexibility index (Phi) is 5.66. The van der Waals surface area contributed by atoms with E-state index in [1.807, 2.05) is 44.2 Å². The van der Waals surface area contributed by atoms with Crippen molar-refractivity contribution in [3.63, 3.8) is 0 Å². The molecule has 0 radical (unpaired) electrons. The van der Waals surface area contributed by atoms with Crippen LogP contribution in [0, 0.1) is 24.1 Å². The van der Waals surface area contributed by atoms with Gasteiger partial charge in [0, 0.05) is 11.1 Å². The molecule has 3 rings (SSSR count). The van der Waals surface area contributed by atoms with Gasteiger partial charge in [-0.1, -0.05) is 29.8 Å². The number of aromatic nitrogens is 2. The second kappa shape index (κ2) is 8.31. The Hall–Kier alpha value is -3.72. The van der Waals surface area contributed by atoms with Crippen molar-refractivity contribution < 1.29 is 9.18 Å². The molecule has 0 fully saturated rings. The number of hydrogen-bond donors (Lipinski definition) is 2. The Morgan fingerprint density at radius 2 is 1.89 bits per heavy atom. The van der Waals surface area contributed by atoms with Crippen molar-refractivity contribution in [1.82, 2.24) is 15.5 Å². The summed E-state index contributed by atoms with van der Waals surface area (Å²) in [6, 6.07) is 15.4. The number of carbonyl (C=O) groups is 1. The fourth-order valence-electron chi connectivity index (χ4n) is 2.77. The lowest BCUT2D eigenvalue weighted by molar-refractivity contribution is -0.117. The van der Waals surface area contributed by atoms with Gasteiger partial charge in [-0.2, -0.15) is 10.4 Å². The second-order valence-electron chi connectivity index (χ2n) is 6.48. The molecule has 0 saturated carbocycles. The zero-order valence-corrected chi connectivity index (χ0v) is 15.5. The fourth-order valence-corrected chi connectivity index (χ4v) is 2.77. The predicted octanol–water partition coefficient (Wildman–Crippen LogP) is 4.31. The van der Waals surface area contributed by atoms with Gasteiger partial charge >= 0.3 is 0 Å². The molecule has 6 heteroatoms. The first-order chi connectivity index (χ1) is 13.5. The van der Waals surface area contributed by atoms with Crippen molar-refractivity contribution in [2.24, 2.45) is 0 Å². The number of hydrogen-bond acceptors (Lipinski definition) is 3. The second-order valence-corrected chi connectivity index (χ2v) is 6.48. The van der Waals surface area contributed by atoms with Crippen LogP contribution in [-0.4, -0.2) is 16.1 Å². The standard InChI is InChI=1S/C22H19FN4O/c1-14-3-5-16(6-4-14)15(2)26-22(28)18(12-24)11-19-13-25-27-21(19)17-7-9-20(23)10-8-17/h3-11,13,15H,1-2H3,(H,25,27)(H,26,28)/b18-11+/t15-/m1/s1. The van der Waals surface area contributed by atoms with Crippen molar-refractivity contribution in [3.05, 3.63) is 82.8 Å². The van der Waals surface area contributed by atoms with Gasteiger partial charge in [0.2, 0.25) is 0 Å². The third-order valence-electron chi connectivity index (χ3n) is 4.39. The zero-order valence-electron chi connectivity index (χ0n) is 15.5. The van der Waals surface area contributed by atoms with Crippen molar-refractivity contribution in [1.29, 1.82) is 5.26 Å². The monoisotopic (exact) mass is 374 g/mol. The van der Waals surface area contributed by atoms with Crippen molar-refractivity contribution in [3.8, 4) is 17.3 Å². The summed E-state index contributed by atoms with van der Waals surface area (Å²) in [5.74, 6) is -0.815. The highest BCUT2D eigenvalue weighted by Crippen LogP contribution is 2.23. The van der Waals surface area contributed by atoms with E-state index in [0.29, 0.717) is 16.8 Å². The summed E-state index contributed by atoms with van der Waals surface area (Å²) >= 11 is 0. The molecular formula is C22H19FN4O. The van der Waals surface area contributed by atoms with Crippen LogP contribution in [0.25, 0.3) is 17.3 Å². The van der Waals surface area contributed by atoms with Gasteiger partial charge in [0.05, 0.1) is 17.9 Å². The van der Waals surface area contributed by atoms with Crippen LogP contribution in [-0.2, 0) is 4.79 Å². The van der Waals surface area contributed by atoms with Crippen molar-refractivity contribution >= 4 is 12.0 Å². The van der Waals surface area contributed by atoms with Gasteiger partial charge in [0.15, 0.2) is 0 Å². The molecule has 1 atom stereocenters. The largest absolute Gasteiger partial charge is 0.345 e. The van der Waals surface area contributed by atoms with E-state index in [2.05, 4.69) is 15.5 Å². The van der Waals surface area contributed by atoms with E-state index in [1.54, 1.807) is 12.1 Å². The van der Waals surface area contributed by atoms with Gasteiger partial charge in [0.25, 0.3) is 5.91 Å². The first-order valence-corrected chi connectivity index (χ1v) is 8.76. The lowest BCUT2D eigenvalue weighted by atomic mass is 10.0. The normalized spacial score (nSPS) is 12.3. The maximum Gasteiger partial charge on any atom is 0.262 e. The van der Waals surface area contributed by atoms with Crippen LogP contribution in [0.3, 0.4) is 0 Å². The van der Waals surface area contributed by atoms with Gasteiger partial charge < -0.3 is 5.32 Å². The van der Waals surface area contributed by atoms with Crippen LogP contribution in [0.2, 0.25) is 0 Å². The quantitative estimate of drug-likeness (QED) is 0.516. The van der Waals surface area contributed by atoms with Crippen LogP contribution >= 0.6 is 0 Å². The first kappa shape index (κ1) is 19.1. The van der Waals surface area contributed by atoms with Gasteiger partial charge in [-0.15, -0.1) is 0 Å². The van der Waals surface area contributed by atoms with Gasteiger partial charge in [0.1, 0.15) is 17.5 Å². The van der Waals surface area contributed by atoms with Gasteiger partial charge in [-0.25, -0.2) is 4.39 Å². The number of amides is 1. The summed E-state index contributed by atoms with van der Waals surface area (Å²) in [5.41, 5.74) is 3.92. The molecule has 0 aliphatic rings. The van der Waals surface area contributed by atoms with E-state index >= 15 is 0 Å². The molecule has 0 unspecified atom stereocenters. The van der Waals surface area contributed by atoms with Crippen LogP contribution in [0.1, 0.15) is 29.7 Å². The van der Waals surface area contributed by atoms with E-state index in [1.165, 1.54) is 24.4 Å². The molecule has 28 heavy (non-hydrogen) atoms. The number of nitrogens with one attached hydrogen (secondary N) is 2. The van der Waals surface area contributed by atoms with Gasteiger partial charge in [-0.05, 0) is 49.8 Å². The van der Waals surface area contributed by atoms with E-state index < -0.39 is 5.91 Å². The van der Waals surface area contributed by atoms with Gasteiger partial charge in [-0.3, -0.25) is 9.89 Å². The summed E-state index contributed by atoms with van der Waals surface area (Å²) in [6.45, 7) is 3.85. The number of aryl methyl sites for hydroxylation is 1. The van der Waals surface area contributed by atoms with Crippen LogP contribution < -0.4 is 5.32 Å². The molecular weight excluding hydrogens is 355 g/mol. The number of nitrogens with zero attached hydrogens (tertiary/aromatic N) is 2. The number of H-pyrrole nitrogens is 1. The lowest BCUT2D eigenvalue weighted by Crippen LogP contribution is -2.27. The topological polar surface area (TPSA) is 81.6 Å². The predicted molar refractivity (Wildman–Crippen MR) is 105 cm³/mol. The summed E-state index contributed by atoms with van der Waals surface area (Å²) in [5, 5.41) is 19.1. The highest BCUT2D eigenvalue weighted by atomic mass is 19.1. The Morgan fingerprint density at radius 1 is 1.21 bits per heavy atom. The number of benzene rings is 2. The molecule has 1 heterocycles. The molecule has 1 aromatic heterocycles. The molecule has 5 nitrogen and oxygen atoms in total. The molecule has 0 spiro atoms. The third kappa shape index (κ3) is 4.33. The molecule has 0 saturated heterocycles. The van der Waals surface area contributed by atoms with Crippen molar-refractivity contribution in [2.45, 2.75) is 19.9 Å². The number of aromatic amines is 1. The Labute approximate surface area is 162 Å². The summed E-state index contributed by atoms with van der Waals surface area (Å²) in [7, 11) is 0. The SMILES string of the molecule is Cc1ccc([C@@H](C)NC(=O)/C(C#N)=C/c2cn[nH]c2-c2ccc(F)cc2)cc1. The molecule has 2 N–H and O–H groups in total. The summed E-state index contributed by atoms with van der Waals surface area (Å²) < 4.78 is 13.1. The Bertz CT molecular complexity index is 1040. The maximum atomic E-state index is 13.1. The molecule has 0 aliphatic carbocycles. The average molecular weight is 374 g/mol. The van der Waals surface area contributed by atoms with Crippen LogP contribution in [0.4, 0.5) is 4.39 Å². The molecule has 3 aromatic rings. The molecule has 2 aromatic carbocycles. The number of halogens is 1. The summed E-state index contributed by atoms with van der Waals surface area (Å²) in [6.07, 6.45) is 2.99. The number of rotatable bonds is 5. The van der Waals surface area contributed by atoms with E-state index in [4.69, 9.17) is 0 Å². The molecule has 1 amide bonds. The fraction of sp³-hybridized carbons (Fsp3) is 0.136. The van der Waals surface area contributed by atoms with Crippen molar-refractivity contribution in [2.75, 3.05) is 0 Å². The summed E-state index contributed by atoms with van der Waals surface area (Å²) in [4.78, 5) is 12.6. The molecule has 0 bridgehead atoms. The van der Waals surface area contributed by atoms with Crippen LogP contribution in [0.15, 0.2) is 60.3 Å². The van der Waals surface area contributed by atoms with E-state index in [-0.39, 0.29) is 17.4 Å². The minimum atomic E-state index is -0.471. The minimum absolute atomic E-state index is 0.0382. The minimum Gasteiger partial charge on any atom is -0.345 e. The Balaban J connectivity index is 1.81. The number of carbonyl (C=O) groups excluding carboxylic acids is 1. The van der Waals surface area contributed by atoms with Crippen LogP contribution in [0.5, 0.6) is 0 Å². The molecule has 140 valence electrons. The first-order valence-electron chi connectivity index (χ1n) is 8.76. The van der Waals surface area contributed by atoms with E-state index in [9.17, 15) is 14.4 Å². The number of nitriles is 1. The third-order valence-corrected chi connectivity index (χ3v) is 4.39.